The molecule has 0 heterocycles. The van der Waals surface area contributed by atoms with Gasteiger partial charge in [-0.05, 0) is 26.0 Å². The minimum Gasteiger partial charge on any atom is -0.466 e. The summed E-state index contributed by atoms with van der Waals surface area (Å²) in [5, 5.41) is 9.64. The van der Waals surface area contributed by atoms with Gasteiger partial charge >= 0.3 is 5.97 Å². The Morgan fingerprint density at radius 2 is 2.06 bits per heavy atom. The number of rotatable bonds is 6. The topological polar surface area (TPSA) is 46.5 Å². The molecule has 3 nitrogen and oxygen atoms in total. The van der Waals surface area contributed by atoms with Crippen LogP contribution in [-0.2, 0) is 9.53 Å². The van der Waals surface area contributed by atoms with Crippen LogP contribution in [0, 0.1) is 6.92 Å². The van der Waals surface area contributed by atoms with Crippen LogP contribution < -0.4 is 0 Å². The number of carbonyl (C=O) groups is 1. The van der Waals surface area contributed by atoms with Crippen molar-refractivity contribution in [2.45, 2.75) is 31.3 Å². The number of thioether (sulfide) groups is 1. The number of benzene rings is 1. The van der Waals surface area contributed by atoms with Gasteiger partial charge in [0.15, 0.2) is 0 Å². The molecule has 1 unspecified atom stereocenters. The number of hydrogen-bond acceptors (Lipinski definition) is 4. The number of carbonyl (C=O) groups excluding carboxylic acids is 1. The summed E-state index contributed by atoms with van der Waals surface area (Å²) in [6.45, 7) is 4.14. The Morgan fingerprint density at radius 1 is 1.41 bits per heavy atom. The first-order chi connectivity index (χ1) is 8.11. The molecule has 0 fully saturated rings. The second-order valence-electron chi connectivity index (χ2n) is 3.79. The number of hydrogen-bond donors (Lipinski definition) is 1. The van der Waals surface area contributed by atoms with Crippen molar-refractivity contribution in [1.29, 1.82) is 0 Å². The van der Waals surface area contributed by atoms with Gasteiger partial charge in [-0.25, -0.2) is 0 Å². The molecule has 0 amide bonds. The molecule has 94 valence electrons. The molecule has 17 heavy (non-hydrogen) atoms. The molecule has 0 aromatic heterocycles. The van der Waals surface area contributed by atoms with Crippen LogP contribution in [0.15, 0.2) is 29.2 Å². The lowest BCUT2D eigenvalue weighted by molar-refractivity contribution is -0.144. The van der Waals surface area contributed by atoms with Crippen LogP contribution in [0.3, 0.4) is 0 Å². The Balaban J connectivity index is 2.30. The standard InChI is InChI=1S/C13H18O3S/c1-3-16-13(15)8-11(14)9-17-12-6-4-10(2)5-7-12/h4-7,11,14H,3,8-9H2,1-2H3. The molecule has 0 bridgehead atoms. The van der Waals surface area contributed by atoms with E-state index in [1.54, 1.807) is 6.92 Å². The molecule has 0 aliphatic rings. The molecular formula is C13H18O3S. The average Bonchev–Trinajstić information content (AvgIpc) is 2.28. The largest absolute Gasteiger partial charge is 0.466 e. The van der Waals surface area contributed by atoms with E-state index in [1.807, 2.05) is 31.2 Å². The van der Waals surface area contributed by atoms with Gasteiger partial charge in [0.1, 0.15) is 0 Å². The molecule has 0 spiro atoms. The van der Waals surface area contributed by atoms with Crippen molar-refractivity contribution in [3.05, 3.63) is 29.8 Å². The molecule has 1 aromatic rings. The molecule has 1 aromatic carbocycles. The number of ether oxygens (including phenoxy) is 1. The summed E-state index contributed by atoms with van der Waals surface area (Å²) in [6, 6.07) is 8.08. The lowest BCUT2D eigenvalue weighted by Crippen LogP contribution is -2.17. The Kier molecular flexibility index (Phi) is 6.08. The predicted octanol–water partition coefficient (Wildman–Crippen LogP) is 2.40. The number of aryl methyl sites for hydroxylation is 1. The third-order valence-corrected chi connectivity index (χ3v) is 3.33. The Labute approximate surface area is 106 Å². The first-order valence-corrected chi connectivity index (χ1v) is 6.63. The zero-order chi connectivity index (χ0) is 12.7. The van der Waals surface area contributed by atoms with Crippen molar-refractivity contribution >= 4 is 17.7 Å². The van der Waals surface area contributed by atoms with E-state index >= 15 is 0 Å². The molecule has 0 saturated carbocycles. The van der Waals surface area contributed by atoms with Gasteiger partial charge in [-0.3, -0.25) is 4.79 Å². The van der Waals surface area contributed by atoms with E-state index < -0.39 is 6.10 Å². The van der Waals surface area contributed by atoms with Crippen LogP contribution in [0.4, 0.5) is 0 Å². The van der Waals surface area contributed by atoms with E-state index in [9.17, 15) is 9.90 Å². The van der Waals surface area contributed by atoms with Crippen LogP contribution in [0.5, 0.6) is 0 Å². The van der Waals surface area contributed by atoms with E-state index in [0.717, 1.165) is 4.90 Å². The highest BCUT2D eigenvalue weighted by Gasteiger charge is 2.11. The van der Waals surface area contributed by atoms with Gasteiger partial charge in [-0.1, -0.05) is 17.7 Å². The maximum Gasteiger partial charge on any atom is 0.308 e. The summed E-state index contributed by atoms with van der Waals surface area (Å²) < 4.78 is 4.77. The molecule has 1 atom stereocenters. The highest BCUT2D eigenvalue weighted by Crippen LogP contribution is 2.19. The van der Waals surface area contributed by atoms with Gasteiger partial charge in [0.25, 0.3) is 0 Å². The van der Waals surface area contributed by atoms with Crippen LogP contribution in [0.1, 0.15) is 18.9 Å². The second-order valence-corrected chi connectivity index (χ2v) is 4.88. The van der Waals surface area contributed by atoms with Gasteiger partial charge in [0, 0.05) is 10.6 Å². The molecule has 0 radical (unpaired) electrons. The third-order valence-electron chi connectivity index (χ3n) is 2.17. The van der Waals surface area contributed by atoms with Gasteiger partial charge in [0.05, 0.1) is 19.1 Å². The van der Waals surface area contributed by atoms with E-state index in [0.29, 0.717) is 12.4 Å². The second kappa shape index (κ2) is 7.35. The zero-order valence-electron chi connectivity index (χ0n) is 10.2. The van der Waals surface area contributed by atoms with Crippen molar-refractivity contribution in [2.24, 2.45) is 0 Å². The van der Waals surface area contributed by atoms with E-state index in [4.69, 9.17) is 4.74 Å². The first kappa shape index (κ1) is 14.1. The number of aliphatic hydroxyl groups is 1. The number of aliphatic hydroxyl groups excluding tert-OH is 1. The van der Waals surface area contributed by atoms with Gasteiger partial charge in [0.2, 0.25) is 0 Å². The van der Waals surface area contributed by atoms with Crippen molar-refractivity contribution in [3.8, 4) is 0 Å². The third kappa shape index (κ3) is 5.75. The van der Waals surface area contributed by atoms with Crippen molar-refractivity contribution < 1.29 is 14.6 Å². The molecule has 0 aliphatic heterocycles. The fourth-order valence-electron chi connectivity index (χ4n) is 1.30. The van der Waals surface area contributed by atoms with E-state index in [1.165, 1.54) is 17.3 Å². The van der Waals surface area contributed by atoms with Crippen molar-refractivity contribution in [2.75, 3.05) is 12.4 Å². The summed E-state index contributed by atoms with van der Waals surface area (Å²) >= 11 is 1.54. The first-order valence-electron chi connectivity index (χ1n) is 5.65. The predicted molar refractivity (Wildman–Crippen MR) is 69.2 cm³/mol. The van der Waals surface area contributed by atoms with Gasteiger partial charge in [-0.15, -0.1) is 11.8 Å². The fourth-order valence-corrected chi connectivity index (χ4v) is 2.13. The smallest absolute Gasteiger partial charge is 0.308 e. The normalized spacial score (nSPS) is 12.2. The SMILES string of the molecule is CCOC(=O)CC(O)CSc1ccc(C)cc1. The lowest BCUT2D eigenvalue weighted by Gasteiger charge is -2.09. The summed E-state index contributed by atoms with van der Waals surface area (Å²) in [6.07, 6.45) is -0.590. The Morgan fingerprint density at radius 3 is 2.65 bits per heavy atom. The Hall–Kier alpha value is -1.00. The van der Waals surface area contributed by atoms with Crippen LogP contribution in [0.25, 0.3) is 0 Å². The van der Waals surface area contributed by atoms with Crippen molar-refractivity contribution in [3.63, 3.8) is 0 Å². The minimum atomic E-state index is -0.652. The Bertz CT molecular complexity index is 348. The maximum atomic E-state index is 11.1. The summed E-state index contributed by atoms with van der Waals surface area (Å²) in [4.78, 5) is 12.2. The van der Waals surface area contributed by atoms with Crippen molar-refractivity contribution in [1.82, 2.24) is 0 Å². The molecule has 4 heteroatoms. The van der Waals surface area contributed by atoms with Crippen LogP contribution in [-0.4, -0.2) is 29.5 Å². The molecule has 1 rings (SSSR count). The lowest BCUT2D eigenvalue weighted by atomic mass is 10.2. The van der Waals surface area contributed by atoms with Crippen LogP contribution in [0.2, 0.25) is 0 Å². The summed E-state index contributed by atoms with van der Waals surface area (Å²) in [5.74, 6) is 0.159. The highest BCUT2D eigenvalue weighted by atomic mass is 32.2. The van der Waals surface area contributed by atoms with Crippen LogP contribution >= 0.6 is 11.8 Å². The minimum absolute atomic E-state index is 0.0622. The highest BCUT2D eigenvalue weighted by molar-refractivity contribution is 7.99. The number of esters is 1. The average molecular weight is 254 g/mol. The molecule has 1 N–H and O–H groups in total. The van der Waals surface area contributed by atoms with Gasteiger partial charge < -0.3 is 9.84 Å². The summed E-state index contributed by atoms with van der Waals surface area (Å²) in [5.41, 5.74) is 1.21. The summed E-state index contributed by atoms with van der Waals surface area (Å²) in [7, 11) is 0. The monoisotopic (exact) mass is 254 g/mol. The fraction of sp³-hybridized carbons (Fsp3) is 0.462. The van der Waals surface area contributed by atoms with E-state index in [2.05, 4.69) is 0 Å². The maximum absolute atomic E-state index is 11.1. The molecular weight excluding hydrogens is 236 g/mol. The quantitative estimate of drug-likeness (QED) is 0.625. The zero-order valence-corrected chi connectivity index (χ0v) is 11.0. The van der Waals surface area contributed by atoms with E-state index in [-0.39, 0.29) is 12.4 Å². The molecule has 0 aliphatic carbocycles. The molecule has 0 saturated heterocycles. The van der Waals surface area contributed by atoms with Gasteiger partial charge in [-0.2, -0.15) is 0 Å².